The first kappa shape index (κ1) is 11.8. The number of carbonyl (C=O) groups is 1. The van der Waals surface area contributed by atoms with Crippen molar-refractivity contribution < 1.29 is 9.53 Å². The molecule has 0 amide bonds. The van der Waals surface area contributed by atoms with E-state index in [1.165, 1.54) is 7.11 Å². The van der Waals surface area contributed by atoms with Gasteiger partial charge >= 0.3 is 5.97 Å². The molecule has 0 aliphatic heterocycles. The highest BCUT2D eigenvalue weighted by atomic mass is 16.5. The Morgan fingerprint density at radius 1 is 1.39 bits per heavy atom. The Balaban J connectivity index is 2.52. The van der Waals surface area contributed by atoms with Gasteiger partial charge in [0, 0.05) is 18.0 Å². The molecule has 1 heterocycles. The highest BCUT2D eigenvalue weighted by Gasteiger charge is 2.09. The molecule has 0 saturated heterocycles. The maximum absolute atomic E-state index is 11.4. The molecule has 4 nitrogen and oxygen atoms in total. The predicted molar refractivity (Wildman–Crippen MR) is 65.7 cm³/mol. The molecule has 2 aromatic rings. The molecule has 0 atom stereocenters. The van der Waals surface area contributed by atoms with Crippen molar-refractivity contribution in [3.05, 3.63) is 53.9 Å². The minimum absolute atomic E-state index is 0.403. The van der Waals surface area contributed by atoms with Crippen LogP contribution in [-0.2, 0) is 4.74 Å². The molecular formula is C14H10N2O2. The molecule has 0 saturated carbocycles. The number of hydrogen-bond donors (Lipinski definition) is 0. The number of rotatable bonds is 2. The number of nitriles is 1. The first-order valence-corrected chi connectivity index (χ1v) is 5.29. The molecule has 0 unspecified atom stereocenters. The number of ether oxygens (including phenoxy) is 1. The van der Waals surface area contributed by atoms with Crippen molar-refractivity contribution >= 4 is 5.97 Å². The number of aromatic nitrogens is 1. The lowest BCUT2D eigenvalue weighted by molar-refractivity contribution is 0.0601. The van der Waals surface area contributed by atoms with E-state index < -0.39 is 5.97 Å². The molecule has 4 heteroatoms. The van der Waals surface area contributed by atoms with Gasteiger partial charge in [-0.3, -0.25) is 4.98 Å². The highest BCUT2D eigenvalue weighted by Crippen LogP contribution is 2.23. The summed E-state index contributed by atoms with van der Waals surface area (Å²) in [5, 5.41) is 9.03. The third kappa shape index (κ3) is 2.20. The van der Waals surface area contributed by atoms with Crippen molar-refractivity contribution in [1.82, 2.24) is 4.98 Å². The van der Waals surface area contributed by atoms with Gasteiger partial charge in [0.15, 0.2) is 0 Å². The van der Waals surface area contributed by atoms with Gasteiger partial charge in [0.1, 0.15) is 0 Å². The summed E-state index contributed by atoms with van der Waals surface area (Å²) in [6.07, 6.45) is 3.17. The van der Waals surface area contributed by atoms with Gasteiger partial charge in [0.25, 0.3) is 0 Å². The summed E-state index contributed by atoms with van der Waals surface area (Å²) in [6.45, 7) is 0. The highest BCUT2D eigenvalue weighted by molar-refractivity contribution is 5.91. The van der Waals surface area contributed by atoms with Gasteiger partial charge in [0.2, 0.25) is 0 Å². The van der Waals surface area contributed by atoms with Crippen molar-refractivity contribution in [2.24, 2.45) is 0 Å². The second-order valence-electron chi connectivity index (χ2n) is 3.61. The fraction of sp³-hybridized carbons (Fsp3) is 0.0714. The normalized spacial score (nSPS) is 9.56. The van der Waals surface area contributed by atoms with Crippen molar-refractivity contribution in [3.63, 3.8) is 0 Å². The molecule has 0 aliphatic carbocycles. The maximum Gasteiger partial charge on any atom is 0.337 e. The Bertz CT molecular complexity index is 630. The summed E-state index contributed by atoms with van der Waals surface area (Å²) < 4.78 is 4.66. The number of pyridine rings is 1. The van der Waals surface area contributed by atoms with Crippen LogP contribution in [0.4, 0.5) is 0 Å². The Morgan fingerprint density at radius 2 is 2.22 bits per heavy atom. The maximum atomic E-state index is 11.4. The SMILES string of the molecule is COC(=O)c1cccc(-c2cnccc2C#N)c1. The zero-order chi connectivity index (χ0) is 13.0. The van der Waals surface area contributed by atoms with Crippen molar-refractivity contribution in [2.75, 3.05) is 7.11 Å². The number of esters is 1. The average Bonchev–Trinajstić information content (AvgIpc) is 2.46. The smallest absolute Gasteiger partial charge is 0.337 e. The molecular weight excluding hydrogens is 228 g/mol. The number of benzene rings is 1. The monoisotopic (exact) mass is 238 g/mol. The standard InChI is InChI=1S/C14H10N2O2/c1-18-14(17)11-4-2-3-10(7-11)13-9-16-6-5-12(13)8-15/h2-7,9H,1H3. The lowest BCUT2D eigenvalue weighted by atomic mass is 10.0. The van der Waals surface area contributed by atoms with Crippen molar-refractivity contribution in [3.8, 4) is 17.2 Å². The van der Waals surface area contributed by atoms with Gasteiger partial charge in [-0.1, -0.05) is 12.1 Å². The number of nitrogens with zero attached hydrogens (tertiary/aromatic N) is 2. The molecule has 88 valence electrons. The summed E-state index contributed by atoms with van der Waals surface area (Å²) in [4.78, 5) is 15.4. The van der Waals surface area contributed by atoms with Crippen LogP contribution in [0, 0.1) is 11.3 Å². The first-order valence-electron chi connectivity index (χ1n) is 5.29. The first-order chi connectivity index (χ1) is 8.76. The zero-order valence-electron chi connectivity index (χ0n) is 9.75. The molecule has 2 rings (SSSR count). The Hall–Kier alpha value is -2.67. The largest absolute Gasteiger partial charge is 0.465 e. The van der Waals surface area contributed by atoms with Crippen LogP contribution in [-0.4, -0.2) is 18.1 Å². The van der Waals surface area contributed by atoms with Crippen molar-refractivity contribution in [1.29, 1.82) is 5.26 Å². The van der Waals surface area contributed by atoms with Crippen molar-refractivity contribution in [2.45, 2.75) is 0 Å². The summed E-state index contributed by atoms with van der Waals surface area (Å²) in [5.41, 5.74) is 2.43. The Morgan fingerprint density at radius 3 is 2.94 bits per heavy atom. The van der Waals surface area contributed by atoms with E-state index in [9.17, 15) is 4.79 Å². The average molecular weight is 238 g/mol. The summed E-state index contributed by atoms with van der Waals surface area (Å²) in [7, 11) is 1.33. The van der Waals surface area contributed by atoms with E-state index >= 15 is 0 Å². The van der Waals surface area contributed by atoms with E-state index in [2.05, 4.69) is 15.8 Å². The topological polar surface area (TPSA) is 63.0 Å². The molecule has 0 aliphatic rings. The van der Waals surface area contributed by atoms with Crippen LogP contribution in [0.5, 0.6) is 0 Å². The number of hydrogen-bond acceptors (Lipinski definition) is 4. The van der Waals surface area contributed by atoms with Gasteiger partial charge in [0.05, 0.1) is 24.3 Å². The molecule has 1 aromatic carbocycles. The van der Waals surface area contributed by atoms with E-state index in [4.69, 9.17) is 5.26 Å². The summed E-state index contributed by atoms with van der Waals surface area (Å²) in [6, 6.07) is 10.7. The summed E-state index contributed by atoms with van der Waals surface area (Å²) in [5.74, 6) is -0.403. The molecule has 1 aromatic heterocycles. The van der Waals surface area contributed by atoms with Crippen LogP contribution in [0.2, 0.25) is 0 Å². The lowest BCUT2D eigenvalue weighted by Crippen LogP contribution is -2.01. The second-order valence-corrected chi connectivity index (χ2v) is 3.61. The van der Waals surface area contributed by atoms with E-state index in [-0.39, 0.29) is 0 Å². The van der Waals surface area contributed by atoms with Gasteiger partial charge in [-0.15, -0.1) is 0 Å². The molecule has 0 bridgehead atoms. The number of carbonyl (C=O) groups excluding carboxylic acids is 1. The van der Waals surface area contributed by atoms with Gasteiger partial charge < -0.3 is 4.74 Å². The quantitative estimate of drug-likeness (QED) is 0.753. The molecule has 18 heavy (non-hydrogen) atoms. The fourth-order valence-corrected chi connectivity index (χ4v) is 1.65. The van der Waals surface area contributed by atoms with E-state index in [1.807, 2.05) is 6.07 Å². The van der Waals surface area contributed by atoms with Crippen LogP contribution < -0.4 is 0 Å². The van der Waals surface area contributed by atoms with Crippen LogP contribution in [0.25, 0.3) is 11.1 Å². The second kappa shape index (κ2) is 5.11. The van der Waals surface area contributed by atoms with Crippen LogP contribution in [0.1, 0.15) is 15.9 Å². The third-order valence-corrected chi connectivity index (χ3v) is 2.54. The molecule has 0 spiro atoms. The Labute approximate surface area is 104 Å². The minimum Gasteiger partial charge on any atom is -0.465 e. The Kier molecular flexibility index (Phi) is 3.35. The molecule has 0 fully saturated rings. The predicted octanol–water partition coefficient (Wildman–Crippen LogP) is 2.41. The van der Waals surface area contributed by atoms with Gasteiger partial charge in [-0.25, -0.2) is 4.79 Å². The fourth-order valence-electron chi connectivity index (χ4n) is 1.65. The summed E-state index contributed by atoms with van der Waals surface area (Å²) >= 11 is 0. The van der Waals surface area contributed by atoms with Crippen LogP contribution >= 0.6 is 0 Å². The van der Waals surface area contributed by atoms with E-state index in [1.54, 1.807) is 36.7 Å². The van der Waals surface area contributed by atoms with Gasteiger partial charge in [-0.2, -0.15) is 5.26 Å². The lowest BCUT2D eigenvalue weighted by Gasteiger charge is -2.05. The zero-order valence-corrected chi connectivity index (χ0v) is 9.75. The van der Waals surface area contributed by atoms with Crippen LogP contribution in [0.15, 0.2) is 42.7 Å². The minimum atomic E-state index is -0.403. The number of methoxy groups -OCH3 is 1. The van der Waals surface area contributed by atoms with Gasteiger partial charge in [-0.05, 0) is 23.8 Å². The van der Waals surface area contributed by atoms with E-state index in [0.717, 1.165) is 5.56 Å². The third-order valence-electron chi connectivity index (χ3n) is 2.54. The van der Waals surface area contributed by atoms with E-state index in [0.29, 0.717) is 16.7 Å². The molecule has 0 radical (unpaired) electrons. The van der Waals surface area contributed by atoms with Crippen LogP contribution in [0.3, 0.4) is 0 Å². The molecule has 0 N–H and O–H groups in total.